The molecule has 0 aromatic carbocycles. The highest BCUT2D eigenvalue weighted by Crippen LogP contribution is 2.18. The standard InChI is InChI=1S/C43H76N2O19/c1-3-5-9-13-40(48)60-33-31-56-25-23-52-19-21-54-27-29-58-35-37(36-59-30-28-55-22-20-53-24-26-57-32-34-61-41(49)14-10-6-4-2)63-42(50)44-17-11-7-8-12-18-62-43(51)64-45-38(46)15-16-39(45)47/h15-16,37,46-47H,3-14,17-36H2,1-2H3,(H,44,50). The van der Waals surface area contributed by atoms with Crippen molar-refractivity contribution >= 4 is 24.2 Å². The van der Waals surface area contributed by atoms with E-state index in [4.69, 9.17) is 61.7 Å². The van der Waals surface area contributed by atoms with Gasteiger partial charge in [-0.2, -0.15) is 0 Å². The predicted molar refractivity (Wildman–Crippen MR) is 229 cm³/mol. The smallest absolute Gasteiger partial charge is 0.492 e. The lowest BCUT2D eigenvalue weighted by Gasteiger charge is -2.19. The van der Waals surface area contributed by atoms with Gasteiger partial charge in [-0.3, -0.25) is 14.4 Å². The minimum Gasteiger partial charge on any atom is -0.492 e. The minimum absolute atomic E-state index is 0.0723. The van der Waals surface area contributed by atoms with Crippen molar-refractivity contribution in [2.24, 2.45) is 0 Å². The Morgan fingerprint density at radius 2 is 0.906 bits per heavy atom. The first-order valence-electron chi connectivity index (χ1n) is 22.6. The van der Waals surface area contributed by atoms with E-state index < -0.39 is 30.1 Å². The fraction of sp³-hybridized carbons (Fsp3) is 0.814. The molecule has 0 unspecified atom stereocenters. The van der Waals surface area contributed by atoms with Gasteiger partial charge in [-0.15, -0.1) is 4.73 Å². The molecule has 3 N–H and O–H groups in total. The third kappa shape index (κ3) is 36.4. The molecule has 0 aliphatic carbocycles. The number of esters is 2. The lowest BCUT2D eigenvalue weighted by molar-refractivity contribution is -0.146. The summed E-state index contributed by atoms with van der Waals surface area (Å²) in [6.07, 6.45) is 6.91. The van der Waals surface area contributed by atoms with Crippen molar-refractivity contribution in [1.29, 1.82) is 0 Å². The average molecular weight is 925 g/mol. The quantitative estimate of drug-likeness (QED) is 0.0463. The Morgan fingerprint density at radius 3 is 1.34 bits per heavy atom. The number of alkyl carbamates (subject to hydrolysis) is 1. The van der Waals surface area contributed by atoms with Crippen LogP contribution in [0.1, 0.15) is 90.9 Å². The topological polar surface area (TPSA) is 246 Å². The van der Waals surface area contributed by atoms with Crippen LogP contribution in [0.25, 0.3) is 0 Å². The monoisotopic (exact) mass is 925 g/mol. The van der Waals surface area contributed by atoms with Crippen molar-refractivity contribution in [1.82, 2.24) is 10.0 Å². The van der Waals surface area contributed by atoms with Crippen molar-refractivity contribution in [3.63, 3.8) is 0 Å². The first kappa shape index (κ1) is 58.1. The number of ether oxygens (including phenoxy) is 12. The number of hydrogen-bond donors (Lipinski definition) is 3. The Bertz CT molecular complexity index is 1220. The molecule has 0 radical (unpaired) electrons. The Balaban J connectivity index is 2.21. The van der Waals surface area contributed by atoms with Gasteiger partial charge < -0.3 is 72.4 Å². The van der Waals surface area contributed by atoms with E-state index in [1.165, 1.54) is 0 Å². The third-order valence-corrected chi connectivity index (χ3v) is 8.59. The van der Waals surface area contributed by atoms with Crippen LogP contribution in [0, 0.1) is 0 Å². The molecule has 0 atom stereocenters. The van der Waals surface area contributed by atoms with Crippen LogP contribution in [-0.2, 0) is 66.4 Å². The number of carbonyl (C=O) groups excluding carboxylic acids is 4. The molecule has 0 bridgehead atoms. The number of rotatable bonds is 45. The maximum absolute atomic E-state index is 12.6. The Hall–Kier alpha value is -3.96. The van der Waals surface area contributed by atoms with Crippen LogP contribution in [0.3, 0.4) is 0 Å². The first-order valence-corrected chi connectivity index (χ1v) is 22.6. The second kappa shape index (κ2) is 43.0. The van der Waals surface area contributed by atoms with Crippen LogP contribution in [0.15, 0.2) is 12.1 Å². The Morgan fingerprint density at radius 1 is 0.500 bits per heavy atom. The van der Waals surface area contributed by atoms with Gasteiger partial charge in [0.05, 0.1) is 112 Å². The molecule has 0 aliphatic rings. The number of aromatic nitrogens is 1. The van der Waals surface area contributed by atoms with Crippen molar-refractivity contribution in [2.75, 3.05) is 132 Å². The van der Waals surface area contributed by atoms with Gasteiger partial charge in [0.25, 0.3) is 0 Å². The lowest BCUT2D eigenvalue weighted by Crippen LogP contribution is -2.35. The highest BCUT2D eigenvalue weighted by Gasteiger charge is 2.16. The van der Waals surface area contributed by atoms with E-state index in [-0.39, 0.29) is 58.2 Å². The van der Waals surface area contributed by atoms with Crippen molar-refractivity contribution in [3.8, 4) is 11.8 Å². The maximum Gasteiger partial charge on any atom is 0.533 e. The number of nitrogens with zero attached hydrogens (tertiary/aromatic N) is 1. The molecular weight excluding hydrogens is 848 g/mol. The molecular formula is C43H76N2O19. The van der Waals surface area contributed by atoms with Crippen molar-refractivity contribution < 1.29 is 91.1 Å². The summed E-state index contributed by atoms with van der Waals surface area (Å²) < 4.78 is 65.6. The predicted octanol–water partition coefficient (Wildman–Crippen LogP) is 4.50. The van der Waals surface area contributed by atoms with Crippen LogP contribution < -0.4 is 10.2 Å². The van der Waals surface area contributed by atoms with E-state index in [0.717, 1.165) is 57.1 Å². The molecule has 0 aliphatic heterocycles. The molecule has 0 saturated heterocycles. The fourth-order valence-corrected chi connectivity index (χ4v) is 5.19. The number of amides is 1. The van der Waals surface area contributed by atoms with E-state index in [1.54, 1.807) is 0 Å². The summed E-state index contributed by atoms with van der Waals surface area (Å²) in [7, 11) is 0. The molecule has 0 fully saturated rings. The van der Waals surface area contributed by atoms with Crippen LogP contribution in [0.4, 0.5) is 9.59 Å². The molecule has 1 heterocycles. The van der Waals surface area contributed by atoms with Crippen LogP contribution >= 0.6 is 0 Å². The van der Waals surface area contributed by atoms with E-state index >= 15 is 0 Å². The van der Waals surface area contributed by atoms with Gasteiger partial charge in [-0.25, -0.2) is 9.59 Å². The molecule has 64 heavy (non-hydrogen) atoms. The zero-order valence-electron chi connectivity index (χ0n) is 38.1. The lowest BCUT2D eigenvalue weighted by atomic mass is 10.2. The van der Waals surface area contributed by atoms with E-state index in [1.807, 2.05) is 0 Å². The summed E-state index contributed by atoms with van der Waals surface area (Å²) in [5.74, 6) is -1.30. The highest BCUT2D eigenvalue weighted by atomic mass is 16.8. The zero-order valence-corrected chi connectivity index (χ0v) is 38.1. The number of aromatic hydroxyl groups is 2. The van der Waals surface area contributed by atoms with Gasteiger partial charge in [0.2, 0.25) is 11.8 Å². The highest BCUT2D eigenvalue weighted by molar-refractivity contribution is 5.69. The summed E-state index contributed by atoms with van der Waals surface area (Å²) >= 11 is 0. The van der Waals surface area contributed by atoms with E-state index in [0.29, 0.717) is 123 Å². The van der Waals surface area contributed by atoms with Crippen LogP contribution in [-0.4, -0.2) is 177 Å². The molecule has 21 heteroatoms. The summed E-state index contributed by atoms with van der Waals surface area (Å²) in [6.45, 7) is 9.86. The summed E-state index contributed by atoms with van der Waals surface area (Å²) in [5.41, 5.74) is 0. The van der Waals surface area contributed by atoms with E-state index in [9.17, 15) is 29.4 Å². The minimum atomic E-state index is -1.07. The van der Waals surface area contributed by atoms with Gasteiger partial charge in [0.15, 0.2) is 6.10 Å². The molecule has 0 spiro atoms. The molecule has 1 amide bonds. The van der Waals surface area contributed by atoms with E-state index in [2.05, 4.69) is 19.2 Å². The number of unbranched alkanes of at least 4 members (excludes halogenated alkanes) is 7. The van der Waals surface area contributed by atoms with Gasteiger partial charge in [-0.05, 0) is 32.1 Å². The summed E-state index contributed by atoms with van der Waals surface area (Å²) in [4.78, 5) is 52.2. The van der Waals surface area contributed by atoms with Crippen LogP contribution in [0.5, 0.6) is 11.8 Å². The van der Waals surface area contributed by atoms with Crippen LogP contribution in [0.2, 0.25) is 0 Å². The van der Waals surface area contributed by atoms with Crippen molar-refractivity contribution in [2.45, 2.75) is 97.0 Å². The largest absolute Gasteiger partial charge is 0.533 e. The van der Waals surface area contributed by atoms with Gasteiger partial charge >= 0.3 is 24.2 Å². The summed E-state index contributed by atoms with van der Waals surface area (Å²) in [5, 5.41) is 21.8. The number of carbonyl (C=O) groups is 4. The zero-order chi connectivity index (χ0) is 46.6. The Kier molecular flexibility index (Phi) is 39.0. The average Bonchev–Trinajstić information content (AvgIpc) is 3.59. The Labute approximate surface area is 377 Å². The van der Waals surface area contributed by atoms with Crippen molar-refractivity contribution in [3.05, 3.63) is 12.1 Å². The van der Waals surface area contributed by atoms with Gasteiger partial charge in [0.1, 0.15) is 13.2 Å². The fourth-order valence-electron chi connectivity index (χ4n) is 5.19. The number of hydrogen-bond acceptors (Lipinski definition) is 19. The first-order chi connectivity index (χ1) is 31.3. The van der Waals surface area contributed by atoms with Gasteiger partial charge in [0, 0.05) is 31.5 Å². The molecule has 1 aromatic rings. The second-order valence-electron chi connectivity index (χ2n) is 14.1. The molecule has 0 saturated carbocycles. The molecule has 1 aromatic heterocycles. The SMILES string of the molecule is CCCCCC(=O)OCCOCCOCCOCCOCC(COCCOCCOCCOCCOC(=O)CCCCC)OC(=O)NCCCCCCOC(=O)On1c(O)ccc1O. The van der Waals surface area contributed by atoms with Gasteiger partial charge in [-0.1, -0.05) is 46.0 Å². The third-order valence-electron chi connectivity index (χ3n) is 8.59. The molecule has 1 rings (SSSR count). The summed E-state index contributed by atoms with van der Waals surface area (Å²) in [6, 6.07) is 2.32. The molecule has 372 valence electrons. The molecule has 21 nitrogen and oxygen atoms in total. The second-order valence-corrected chi connectivity index (χ2v) is 14.1. The normalized spacial score (nSPS) is 11.2. The number of nitrogens with one attached hydrogen (secondary N) is 1. The maximum atomic E-state index is 12.6.